The summed E-state index contributed by atoms with van der Waals surface area (Å²) >= 11 is 0. The molecule has 0 aliphatic heterocycles. The molecule has 0 radical (unpaired) electrons. The molecule has 1 aliphatic rings. The van der Waals surface area contributed by atoms with Crippen LogP contribution in [0.1, 0.15) is 26.7 Å². The maximum Gasteiger partial charge on any atom is 0.256 e. The molecule has 1 atom stereocenters. The van der Waals surface area contributed by atoms with E-state index in [2.05, 4.69) is 5.32 Å². The number of anilines is 1. The van der Waals surface area contributed by atoms with Crippen LogP contribution in [0.3, 0.4) is 0 Å². The first-order chi connectivity index (χ1) is 11.1. The van der Waals surface area contributed by atoms with Crippen molar-refractivity contribution in [1.29, 1.82) is 0 Å². The van der Waals surface area contributed by atoms with Crippen LogP contribution in [0.15, 0.2) is 36.4 Å². The predicted octanol–water partition coefficient (Wildman–Crippen LogP) is 3.99. The van der Waals surface area contributed by atoms with E-state index in [0.29, 0.717) is 12.5 Å². The van der Waals surface area contributed by atoms with E-state index in [0.717, 1.165) is 35.1 Å². The number of ether oxygens (including phenoxy) is 2. The van der Waals surface area contributed by atoms with Crippen molar-refractivity contribution in [1.82, 2.24) is 0 Å². The summed E-state index contributed by atoms with van der Waals surface area (Å²) in [4.78, 5) is 12.7. The number of carbonyl (C=O) groups is 1. The third-order valence-corrected chi connectivity index (χ3v) is 4.66. The highest BCUT2D eigenvalue weighted by molar-refractivity contribution is 6.06. The standard InChI is InChI=1S/C19H23NO3/c1-4-23-17-12-11-16(14-7-5-6-8-15(14)17)20-18(21)19(2,22-3)13-9-10-13/h5-8,11-13H,4,9-10H2,1-3H3,(H,20,21)/t19-/m1/s1. The smallest absolute Gasteiger partial charge is 0.256 e. The van der Waals surface area contributed by atoms with Crippen LogP contribution < -0.4 is 10.1 Å². The topological polar surface area (TPSA) is 47.6 Å². The first-order valence-corrected chi connectivity index (χ1v) is 8.11. The normalized spacial score (nSPS) is 16.8. The molecule has 4 heteroatoms. The maximum atomic E-state index is 12.7. The lowest BCUT2D eigenvalue weighted by atomic mass is 9.98. The van der Waals surface area contributed by atoms with Gasteiger partial charge in [0.05, 0.1) is 6.61 Å². The molecular formula is C19H23NO3. The van der Waals surface area contributed by atoms with Gasteiger partial charge in [0.15, 0.2) is 0 Å². The fourth-order valence-corrected chi connectivity index (χ4v) is 2.99. The Hall–Kier alpha value is -2.07. The van der Waals surface area contributed by atoms with Crippen LogP contribution in [0.25, 0.3) is 10.8 Å². The second-order valence-electron chi connectivity index (χ2n) is 6.13. The van der Waals surface area contributed by atoms with Crippen molar-refractivity contribution >= 4 is 22.4 Å². The number of benzene rings is 2. The van der Waals surface area contributed by atoms with Crippen LogP contribution in [0.4, 0.5) is 5.69 Å². The minimum absolute atomic E-state index is 0.0863. The molecule has 1 amide bonds. The molecule has 1 fully saturated rings. The van der Waals surface area contributed by atoms with Crippen molar-refractivity contribution in [3.05, 3.63) is 36.4 Å². The molecule has 0 aromatic heterocycles. The number of nitrogens with one attached hydrogen (secondary N) is 1. The van der Waals surface area contributed by atoms with Gasteiger partial charge in [0.1, 0.15) is 11.4 Å². The van der Waals surface area contributed by atoms with E-state index in [-0.39, 0.29) is 5.91 Å². The minimum Gasteiger partial charge on any atom is -0.493 e. The van der Waals surface area contributed by atoms with Gasteiger partial charge in [-0.25, -0.2) is 0 Å². The van der Waals surface area contributed by atoms with E-state index < -0.39 is 5.60 Å². The van der Waals surface area contributed by atoms with Crippen molar-refractivity contribution in [3.8, 4) is 5.75 Å². The molecule has 1 aliphatic carbocycles. The molecule has 0 bridgehead atoms. The molecule has 23 heavy (non-hydrogen) atoms. The van der Waals surface area contributed by atoms with Gasteiger partial charge in [0, 0.05) is 23.6 Å². The van der Waals surface area contributed by atoms with Gasteiger partial charge >= 0.3 is 0 Å². The van der Waals surface area contributed by atoms with E-state index in [1.165, 1.54) is 0 Å². The number of carbonyl (C=O) groups excluding carboxylic acids is 1. The molecule has 2 aromatic carbocycles. The Kier molecular flexibility index (Phi) is 4.26. The molecule has 122 valence electrons. The summed E-state index contributed by atoms with van der Waals surface area (Å²) < 4.78 is 11.2. The zero-order chi connectivity index (χ0) is 16.4. The van der Waals surface area contributed by atoms with Gasteiger partial charge < -0.3 is 14.8 Å². The number of methoxy groups -OCH3 is 1. The SMILES string of the molecule is CCOc1ccc(NC(=O)[C@](C)(OC)C2CC2)c2ccccc12. The fraction of sp³-hybridized carbons (Fsp3) is 0.421. The lowest BCUT2D eigenvalue weighted by Gasteiger charge is -2.27. The molecule has 1 N–H and O–H groups in total. The van der Waals surface area contributed by atoms with Crippen molar-refractivity contribution < 1.29 is 14.3 Å². The average molecular weight is 313 g/mol. The second kappa shape index (κ2) is 6.20. The molecule has 3 rings (SSSR count). The molecule has 2 aromatic rings. The lowest BCUT2D eigenvalue weighted by molar-refractivity contribution is -0.138. The maximum absolute atomic E-state index is 12.7. The first kappa shape index (κ1) is 15.8. The number of amides is 1. The summed E-state index contributed by atoms with van der Waals surface area (Å²) in [5.41, 5.74) is 0.0256. The first-order valence-electron chi connectivity index (χ1n) is 8.11. The van der Waals surface area contributed by atoms with Crippen molar-refractivity contribution in [2.24, 2.45) is 5.92 Å². The molecule has 4 nitrogen and oxygen atoms in total. The zero-order valence-corrected chi connectivity index (χ0v) is 13.9. The summed E-state index contributed by atoms with van der Waals surface area (Å²) in [6, 6.07) is 11.7. The van der Waals surface area contributed by atoms with E-state index in [9.17, 15) is 4.79 Å². The number of fused-ring (bicyclic) bond motifs is 1. The van der Waals surface area contributed by atoms with Gasteiger partial charge in [0.25, 0.3) is 5.91 Å². The van der Waals surface area contributed by atoms with Gasteiger partial charge in [-0.1, -0.05) is 24.3 Å². The number of rotatable bonds is 6. The van der Waals surface area contributed by atoms with E-state index in [1.54, 1.807) is 7.11 Å². The van der Waals surface area contributed by atoms with Crippen LogP contribution in [0.5, 0.6) is 5.75 Å². The van der Waals surface area contributed by atoms with Gasteiger partial charge in [-0.2, -0.15) is 0 Å². The number of hydrogen-bond donors (Lipinski definition) is 1. The zero-order valence-electron chi connectivity index (χ0n) is 13.9. The quantitative estimate of drug-likeness (QED) is 0.877. The third kappa shape index (κ3) is 2.91. The van der Waals surface area contributed by atoms with Gasteiger partial charge in [-0.05, 0) is 44.7 Å². The van der Waals surface area contributed by atoms with Crippen molar-refractivity contribution in [3.63, 3.8) is 0 Å². The second-order valence-corrected chi connectivity index (χ2v) is 6.13. The van der Waals surface area contributed by atoms with Crippen LogP contribution in [0.2, 0.25) is 0 Å². The van der Waals surface area contributed by atoms with E-state index >= 15 is 0 Å². The largest absolute Gasteiger partial charge is 0.493 e. The molecule has 0 heterocycles. The van der Waals surface area contributed by atoms with Gasteiger partial charge in [0.2, 0.25) is 0 Å². The summed E-state index contributed by atoms with van der Waals surface area (Å²) in [6.07, 6.45) is 2.09. The predicted molar refractivity (Wildman–Crippen MR) is 91.9 cm³/mol. The monoisotopic (exact) mass is 313 g/mol. The van der Waals surface area contributed by atoms with Crippen LogP contribution in [0, 0.1) is 5.92 Å². The highest BCUT2D eigenvalue weighted by Crippen LogP contribution is 2.42. The van der Waals surface area contributed by atoms with Crippen LogP contribution in [-0.2, 0) is 9.53 Å². The van der Waals surface area contributed by atoms with Crippen LogP contribution >= 0.6 is 0 Å². The molecular weight excluding hydrogens is 290 g/mol. The summed E-state index contributed by atoms with van der Waals surface area (Å²) in [5, 5.41) is 5.02. The summed E-state index contributed by atoms with van der Waals surface area (Å²) in [5.74, 6) is 1.05. The Morgan fingerprint density at radius 1 is 1.22 bits per heavy atom. The highest BCUT2D eigenvalue weighted by atomic mass is 16.5. The van der Waals surface area contributed by atoms with Crippen molar-refractivity contribution in [2.45, 2.75) is 32.3 Å². The Morgan fingerprint density at radius 2 is 1.91 bits per heavy atom. The Balaban J connectivity index is 1.94. The van der Waals surface area contributed by atoms with Gasteiger partial charge in [-0.3, -0.25) is 4.79 Å². The van der Waals surface area contributed by atoms with Crippen LogP contribution in [-0.4, -0.2) is 25.2 Å². The molecule has 1 saturated carbocycles. The third-order valence-electron chi connectivity index (χ3n) is 4.66. The Bertz CT molecular complexity index is 724. The van der Waals surface area contributed by atoms with Crippen molar-refractivity contribution in [2.75, 3.05) is 19.0 Å². The Morgan fingerprint density at radius 3 is 2.52 bits per heavy atom. The highest BCUT2D eigenvalue weighted by Gasteiger charge is 2.47. The van der Waals surface area contributed by atoms with Gasteiger partial charge in [-0.15, -0.1) is 0 Å². The molecule has 0 saturated heterocycles. The molecule has 0 unspecified atom stereocenters. The molecule has 0 spiro atoms. The van der Waals surface area contributed by atoms with E-state index in [4.69, 9.17) is 9.47 Å². The lowest BCUT2D eigenvalue weighted by Crippen LogP contribution is -2.44. The number of hydrogen-bond acceptors (Lipinski definition) is 3. The van der Waals surface area contributed by atoms with E-state index in [1.807, 2.05) is 50.2 Å². The Labute approximate surface area is 136 Å². The average Bonchev–Trinajstić information content (AvgIpc) is 3.41. The summed E-state index contributed by atoms with van der Waals surface area (Å²) in [6.45, 7) is 4.44. The fourth-order valence-electron chi connectivity index (χ4n) is 2.99. The minimum atomic E-state index is -0.764. The summed E-state index contributed by atoms with van der Waals surface area (Å²) in [7, 11) is 1.61.